The predicted molar refractivity (Wildman–Crippen MR) is 159 cm³/mol. The number of hydrogen-bond donors (Lipinski definition) is 1. The molecule has 9 nitrogen and oxygen atoms in total. The summed E-state index contributed by atoms with van der Waals surface area (Å²) in [4.78, 5) is 19.2. The molecule has 0 aliphatic carbocycles. The van der Waals surface area contributed by atoms with Gasteiger partial charge in [0.15, 0.2) is 5.82 Å². The number of nitrogens with zero attached hydrogens (tertiary/aromatic N) is 6. The Labute approximate surface area is 241 Å². The van der Waals surface area contributed by atoms with Crippen LogP contribution in [0.3, 0.4) is 0 Å². The molecule has 214 valence electrons. The molecule has 40 heavy (non-hydrogen) atoms. The highest BCUT2D eigenvalue weighted by Gasteiger charge is 2.43. The third kappa shape index (κ3) is 4.43. The lowest BCUT2D eigenvalue weighted by molar-refractivity contribution is -0.127. The molecule has 0 radical (unpaired) electrons. The minimum Gasteiger partial charge on any atom is -0.378 e. The highest BCUT2D eigenvalue weighted by atomic mass is 35.5. The molecule has 1 N–H and O–H groups in total. The van der Waals surface area contributed by atoms with E-state index < -0.39 is 0 Å². The molecule has 3 saturated heterocycles. The SMILES string of the molecule is C=CC(=O)N1CCC(n2nc(N3CCN(C4COC4)C[C@@]3(C)CC)c(-c3c(Cl)c(C)cc4[nH]ncc34)c2C)CC1. The van der Waals surface area contributed by atoms with Gasteiger partial charge in [0.1, 0.15) is 0 Å². The van der Waals surface area contributed by atoms with Crippen molar-refractivity contribution in [3.63, 3.8) is 0 Å². The Hall–Kier alpha value is -2.88. The molecule has 3 fully saturated rings. The van der Waals surface area contributed by atoms with E-state index in [0.29, 0.717) is 19.1 Å². The molecule has 0 saturated carbocycles. The Kier molecular flexibility index (Phi) is 7.17. The summed E-state index contributed by atoms with van der Waals surface area (Å²) in [6.07, 6.45) is 5.98. The number of nitrogens with one attached hydrogen (secondary N) is 1. The summed E-state index contributed by atoms with van der Waals surface area (Å²) in [6, 6.07) is 2.77. The molecule has 1 amide bonds. The average Bonchev–Trinajstić information content (AvgIpc) is 3.52. The molecule has 3 aromatic rings. The van der Waals surface area contributed by atoms with Crippen molar-refractivity contribution >= 4 is 34.2 Å². The first-order valence-electron chi connectivity index (χ1n) is 14.5. The lowest BCUT2D eigenvalue weighted by Crippen LogP contribution is -2.65. The second-order valence-electron chi connectivity index (χ2n) is 11.9. The van der Waals surface area contributed by atoms with E-state index in [2.05, 4.69) is 58.1 Å². The van der Waals surface area contributed by atoms with Crippen molar-refractivity contribution in [1.82, 2.24) is 29.8 Å². The van der Waals surface area contributed by atoms with Crippen LogP contribution in [0, 0.1) is 13.8 Å². The van der Waals surface area contributed by atoms with Gasteiger partial charge in [0, 0.05) is 54.9 Å². The first-order valence-corrected chi connectivity index (χ1v) is 14.9. The first kappa shape index (κ1) is 27.3. The number of halogens is 1. The molecular weight excluding hydrogens is 526 g/mol. The molecule has 0 bridgehead atoms. The van der Waals surface area contributed by atoms with Gasteiger partial charge in [-0.05, 0) is 57.7 Å². The number of piperazine rings is 1. The second-order valence-corrected chi connectivity index (χ2v) is 12.2. The van der Waals surface area contributed by atoms with Crippen LogP contribution in [-0.4, -0.2) is 93.2 Å². The summed E-state index contributed by atoms with van der Waals surface area (Å²) in [5.74, 6) is 0.991. The number of carbonyl (C=O) groups excluding carboxylic acids is 1. The number of aromatic amines is 1. The van der Waals surface area contributed by atoms with Crippen molar-refractivity contribution in [2.45, 2.75) is 64.6 Å². The van der Waals surface area contributed by atoms with E-state index in [-0.39, 0.29) is 17.5 Å². The fourth-order valence-electron chi connectivity index (χ4n) is 6.76. The second kappa shape index (κ2) is 10.5. The molecule has 0 unspecified atom stereocenters. The Morgan fingerprint density at radius 2 is 1.95 bits per heavy atom. The van der Waals surface area contributed by atoms with Gasteiger partial charge in [0.25, 0.3) is 0 Å². The van der Waals surface area contributed by atoms with E-state index in [9.17, 15) is 4.79 Å². The number of piperidine rings is 1. The van der Waals surface area contributed by atoms with Gasteiger partial charge in [-0.2, -0.15) is 10.2 Å². The average molecular weight is 566 g/mol. The molecule has 1 aromatic carbocycles. The van der Waals surface area contributed by atoms with Crippen LogP contribution < -0.4 is 4.90 Å². The third-order valence-electron chi connectivity index (χ3n) is 9.50. The number of rotatable bonds is 6. The van der Waals surface area contributed by atoms with Crippen molar-refractivity contribution in [2.75, 3.05) is 50.8 Å². The standard InChI is InChI=1S/C30H40ClN7O2/c1-6-25(39)35-10-8-21(9-11-35)38-20(4)26(27-23-15-32-33-24(23)14-19(3)28(27)31)29(34-38)37-13-12-36(22-16-40-17-22)18-30(37,5)7-2/h6,14-15,21-22H,1,7-13,16-18H2,2-5H3,(H,32,33)/t30-/m1/s1. The monoisotopic (exact) mass is 565 g/mol. The van der Waals surface area contributed by atoms with Crippen molar-refractivity contribution in [1.29, 1.82) is 0 Å². The maximum Gasteiger partial charge on any atom is 0.245 e. The minimum atomic E-state index is -0.0975. The van der Waals surface area contributed by atoms with Gasteiger partial charge in [0.2, 0.25) is 5.91 Å². The van der Waals surface area contributed by atoms with Crippen LogP contribution in [0.4, 0.5) is 5.82 Å². The number of likely N-dealkylation sites (tertiary alicyclic amines) is 1. The quantitative estimate of drug-likeness (QED) is 0.435. The van der Waals surface area contributed by atoms with Gasteiger partial charge in [-0.1, -0.05) is 25.1 Å². The number of carbonyl (C=O) groups is 1. The van der Waals surface area contributed by atoms with Gasteiger partial charge in [-0.15, -0.1) is 0 Å². The highest BCUT2D eigenvalue weighted by molar-refractivity contribution is 6.36. The number of amides is 1. The fraction of sp³-hybridized carbons (Fsp3) is 0.567. The lowest BCUT2D eigenvalue weighted by Gasteiger charge is -2.52. The van der Waals surface area contributed by atoms with Crippen LogP contribution in [0.2, 0.25) is 5.02 Å². The fourth-order valence-corrected chi connectivity index (χ4v) is 7.01. The van der Waals surface area contributed by atoms with Crippen molar-refractivity contribution < 1.29 is 9.53 Å². The van der Waals surface area contributed by atoms with E-state index in [1.807, 2.05) is 18.0 Å². The smallest absolute Gasteiger partial charge is 0.245 e. The van der Waals surface area contributed by atoms with Crippen LogP contribution in [0.5, 0.6) is 0 Å². The number of H-pyrrole nitrogens is 1. The summed E-state index contributed by atoms with van der Waals surface area (Å²) in [5, 5.41) is 14.7. The highest BCUT2D eigenvalue weighted by Crippen LogP contribution is 2.46. The zero-order chi connectivity index (χ0) is 28.2. The van der Waals surface area contributed by atoms with E-state index in [0.717, 1.165) is 96.2 Å². The zero-order valence-corrected chi connectivity index (χ0v) is 24.8. The summed E-state index contributed by atoms with van der Waals surface area (Å²) in [5.41, 5.74) is 5.07. The molecule has 3 aliphatic heterocycles. The zero-order valence-electron chi connectivity index (χ0n) is 24.0. The van der Waals surface area contributed by atoms with Crippen molar-refractivity contribution in [2.24, 2.45) is 0 Å². The van der Waals surface area contributed by atoms with E-state index >= 15 is 0 Å². The van der Waals surface area contributed by atoms with Crippen LogP contribution in [0.15, 0.2) is 24.9 Å². The van der Waals surface area contributed by atoms with Crippen LogP contribution in [-0.2, 0) is 9.53 Å². The molecule has 10 heteroatoms. The summed E-state index contributed by atoms with van der Waals surface area (Å²) in [6.45, 7) is 18.4. The van der Waals surface area contributed by atoms with Gasteiger partial charge in [-0.3, -0.25) is 19.5 Å². The topological polar surface area (TPSA) is 82.5 Å². The summed E-state index contributed by atoms with van der Waals surface area (Å²) < 4.78 is 7.74. The van der Waals surface area contributed by atoms with Crippen LogP contribution in [0.1, 0.15) is 50.4 Å². The molecule has 2 aromatic heterocycles. The maximum atomic E-state index is 12.2. The summed E-state index contributed by atoms with van der Waals surface area (Å²) >= 11 is 7.13. The van der Waals surface area contributed by atoms with E-state index in [1.54, 1.807) is 0 Å². The third-order valence-corrected chi connectivity index (χ3v) is 9.99. The number of anilines is 1. The van der Waals surface area contributed by atoms with Gasteiger partial charge < -0.3 is 14.5 Å². The van der Waals surface area contributed by atoms with E-state index in [4.69, 9.17) is 21.4 Å². The number of hydrogen-bond acceptors (Lipinski definition) is 6. The maximum absolute atomic E-state index is 12.2. The molecule has 6 rings (SSSR count). The van der Waals surface area contributed by atoms with Crippen molar-refractivity contribution in [3.05, 3.63) is 41.2 Å². The Balaban J connectivity index is 1.47. The number of benzene rings is 1. The molecule has 0 spiro atoms. The van der Waals surface area contributed by atoms with Gasteiger partial charge in [-0.25, -0.2) is 0 Å². The predicted octanol–water partition coefficient (Wildman–Crippen LogP) is 4.74. The first-order chi connectivity index (χ1) is 19.3. The summed E-state index contributed by atoms with van der Waals surface area (Å²) in [7, 11) is 0. The molecule has 3 aliphatic rings. The number of fused-ring (bicyclic) bond motifs is 1. The normalized spacial score (nSPS) is 23.1. The van der Waals surface area contributed by atoms with Gasteiger partial charge >= 0.3 is 0 Å². The molecule has 5 heterocycles. The number of aryl methyl sites for hydroxylation is 1. The number of aromatic nitrogens is 4. The number of ether oxygens (including phenoxy) is 1. The minimum absolute atomic E-state index is 0.000598. The van der Waals surface area contributed by atoms with Crippen LogP contribution >= 0.6 is 11.6 Å². The van der Waals surface area contributed by atoms with Crippen molar-refractivity contribution in [3.8, 4) is 11.1 Å². The van der Waals surface area contributed by atoms with E-state index in [1.165, 1.54) is 6.08 Å². The Morgan fingerprint density at radius 1 is 1.20 bits per heavy atom. The van der Waals surface area contributed by atoms with Crippen LogP contribution in [0.25, 0.3) is 22.0 Å². The Morgan fingerprint density at radius 3 is 2.60 bits per heavy atom. The molecule has 1 atom stereocenters. The lowest BCUT2D eigenvalue weighted by atomic mass is 9.90. The van der Waals surface area contributed by atoms with Gasteiger partial charge in [0.05, 0.1) is 47.6 Å². The Bertz CT molecular complexity index is 1440. The molecular formula is C30H40ClN7O2. The largest absolute Gasteiger partial charge is 0.378 e.